The minimum Gasteiger partial charge on any atom is -0.508 e. The Morgan fingerprint density at radius 2 is 1.64 bits per heavy atom. The molecule has 2 saturated heterocycles. The van der Waals surface area contributed by atoms with Crippen molar-refractivity contribution in [3.63, 3.8) is 0 Å². The number of piperidine rings is 1. The lowest BCUT2D eigenvalue weighted by molar-refractivity contribution is -0.132. The number of aryl methyl sites for hydroxylation is 2. The van der Waals surface area contributed by atoms with Crippen LogP contribution in [0.2, 0.25) is 0 Å². The number of amides is 2. The lowest BCUT2D eigenvalue weighted by Crippen LogP contribution is -2.60. The first-order valence-electron chi connectivity index (χ1n) is 28.0. The Balaban J connectivity index is 0.000000196. The quantitative estimate of drug-likeness (QED) is 0.0296. The van der Waals surface area contributed by atoms with Gasteiger partial charge in [-0.3, -0.25) is 38.2 Å². The number of rotatable bonds is 16. The number of carbonyl (C=O) groups is 3. The second-order valence-corrected chi connectivity index (χ2v) is 24.9. The van der Waals surface area contributed by atoms with Crippen molar-refractivity contribution >= 4 is 46.9 Å². The van der Waals surface area contributed by atoms with E-state index in [1.807, 2.05) is 90.1 Å². The topological polar surface area (TPSA) is 264 Å². The first kappa shape index (κ1) is 62.3. The summed E-state index contributed by atoms with van der Waals surface area (Å²) in [6.45, 7) is 14.8. The molecule has 7 atom stereocenters. The number of H-pyrrole nitrogens is 1. The molecular weight excluding hydrogens is 1070 g/mol. The van der Waals surface area contributed by atoms with Gasteiger partial charge in [0.2, 0.25) is 11.7 Å². The average Bonchev–Trinajstić information content (AvgIpc) is 4.20. The number of hydrogen-bond donors (Lipinski definition) is 7. The zero-order valence-corrected chi connectivity index (χ0v) is 49.2. The van der Waals surface area contributed by atoms with Crippen LogP contribution in [-0.4, -0.2) is 117 Å². The maximum atomic E-state index is 13.5. The van der Waals surface area contributed by atoms with Gasteiger partial charge in [-0.25, -0.2) is 9.59 Å². The summed E-state index contributed by atoms with van der Waals surface area (Å²) in [5, 5.41) is 36.9. The molecule has 8 N–H and O–H groups in total. The number of likely N-dealkylation sites (tertiary alicyclic amines) is 1. The van der Waals surface area contributed by atoms with Crippen molar-refractivity contribution in [3.8, 4) is 5.75 Å². The highest BCUT2D eigenvalue weighted by atomic mass is 32.2. The molecule has 0 radical (unpaired) electrons. The molecule has 9 rings (SSSR count). The molecule has 18 nitrogen and oxygen atoms in total. The fraction of sp³-hybridized carbons (Fsp3) is 0.492. The molecule has 0 spiro atoms. The number of fused-ring (bicyclic) bond motifs is 1. The highest BCUT2D eigenvalue weighted by Crippen LogP contribution is 2.39. The summed E-state index contributed by atoms with van der Waals surface area (Å²) in [5.41, 5.74) is 7.32. The molecule has 5 aromatic rings. The fourth-order valence-electron chi connectivity index (χ4n) is 11.1. The van der Waals surface area contributed by atoms with Crippen molar-refractivity contribution in [3.05, 3.63) is 162 Å². The normalized spacial score (nSPS) is 20.7. The maximum Gasteiger partial charge on any atom is 0.351 e. The van der Waals surface area contributed by atoms with Gasteiger partial charge in [0, 0.05) is 70.0 Å². The Morgan fingerprint density at radius 1 is 0.951 bits per heavy atom. The monoisotopic (exact) mass is 1150 g/mol. The first-order chi connectivity index (χ1) is 38.6. The van der Waals surface area contributed by atoms with E-state index in [-0.39, 0.29) is 70.6 Å². The van der Waals surface area contributed by atoms with Crippen LogP contribution in [0.4, 0.5) is 5.82 Å². The standard InChI is InChI=1S/C32H45N3O4S.C21H24N2O3.C8H11N3O3S/c1-21-25(15-10-16-28(21)36)30(38)33-26(20-40-24-13-6-5-7-14-24)29(37)19-35-18-23-12-9-8-11-22(23)17-27(35)31(39)34-32(2,3)4;1-4-17-18(19(24)16-10-13(2)9-14(3)11-16)23(21(26)22-20(17)25)12-15-7-5-6-8-15;9-5-1-2-11(8(13)10-5)6-4-15-7(3-12)14-6/h5-7,10,13-16,22-23,26-27,29,36-37H,8-9,11-12,17-20H2,1-4H3,(H,33,38)(H,34,39);5-6,9-11,15H,4,7-8,12H2,1-3H3,(H,22,25,26);1-2,6-7,12H,3-4H2,(H2,9,10,13)/t22-,23+,26-,27-,29+;;6-,7-/m0.1/s1. The lowest BCUT2D eigenvalue weighted by atomic mass is 9.72. The third-order valence-electron chi connectivity index (χ3n) is 15.2. The van der Waals surface area contributed by atoms with Crippen LogP contribution < -0.4 is 33.3 Å². The Hall–Kier alpha value is -6.29. The van der Waals surface area contributed by atoms with E-state index in [4.69, 9.17) is 15.6 Å². The molecule has 3 fully saturated rings. The number of aliphatic hydroxyl groups excluding tert-OH is 2. The van der Waals surface area contributed by atoms with Crippen LogP contribution >= 0.6 is 23.5 Å². The number of ketones is 1. The van der Waals surface area contributed by atoms with Crippen LogP contribution in [0.3, 0.4) is 0 Å². The third-order valence-corrected chi connectivity index (χ3v) is 17.4. The van der Waals surface area contributed by atoms with Gasteiger partial charge in [0.25, 0.3) is 11.5 Å². The highest BCUT2D eigenvalue weighted by molar-refractivity contribution is 8.00. The predicted molar refractivity (Wildman–Crippen MR) is 319 cm³/mol. The molecule has 3 aromatic carbocycles. The molecule has 2 aliphatic carbocycles. The summed E-state index contributed by atoms with van der Waals surface area (Å²) >= 11 is 3.04. The molecule has 2 aliphatic heterocycles. The maximum absolute atomic E-state index is 13.5. The van der Waals surface area contributed by atoms with Crippen LogP contribution in [0, 0.1) is 38.5 Å². The molecule has 0 bridgehead atoms. The number of aliphatic hydroxyl groups is 2. The molecule has 0 unspecified atom stereocenters. The number of nitrogens with one attached hydrogen (secondary N) is 3. The van der Waals surface area contributed by atoms with Crippen molar-refractivity contribution in [2.45, 2.75) is 147 Å². The number of carbonyl (C=O) groups excluding carboxylic acids is 3. The van der Waals surface area contributed by atoms with Gasteiger partial charge in [-0.15, -0.1) is 23.5 Å². The number of aromatic amines is 1. The minimum atomic E-state index is -0.886. The van der Waals surface area contributed by atoms with E-state index in [2.05, 4.69) is 37.7 Å². The van der Waals surface area contributed by atoms with Gasteiger partial charge in [0.05, 0.1) is 24.8 Å². The number of nitrogens with zero attached hydrogens (tertiary/aromatic N) is 4. The van der Waals surface area contributed by atoms with E-state index in [9.17, 15) is 39.0 Å². The first-order valence-corrected chi connectivity index (χ1v) is 30.0. The largest absolute Gasteiger partial charge is 0.508 e. The number of benzene rings is 3. The van der Waals surface area contributed by atoms with Gasteiger partial charge in [-0.1, -0.05) is 79.8 Å². The second-order valence-electron chi connectivity index (χ2n) is 22.6. The van der Waals surface area contributed by atoms with Gasteiger partial charge < -0.3 is 36.4 Å². The zero-order chi connectivity index (χ0) is 58.5. The summed E-state index contributed by atoms with van der Waals surface area (Å²) < 4.78 is 8.26. The van der Waals surface area contributed by atoms with Crippen molar-refractivity contribution in [1.29, 1.82) is 0 Å². The molecule has 4 aliphatic rings. The molecule has 20 heteroatoms. The number of nitrogen functional groups attached to an aromatic ring is 1. The number of phenols is 1. The number of phenolic OH excluding ortho intramolecular Hbond substituents is 1. The SMILES string of the molecule is CCc1c(C(=O)c2cc(C)cc(C)c2)n(CC2CC=CC2)c(=O)[nH]c1=O.Cc1c(O)cccc1C(=O)N[C@@H](CSc1ccccc1)[C@H](O)CN1C[C@H]2CCCC[C@H]2C[C@H]1C(=O)NC(C)(C)C.Nc1ccn([C@H]2CS[C@H](CO)O2)c(=O)n1. The number of allylic oxidation sites excluding steroid dienone is 2. The van der Waals surface area contributed by atoms with Crippen molar-refractivity contribution in [1.82, 2.24) is 34.6 Å². The second kappa shape index (κ2) is 28.6. The number of anilines is 1. The van der Waals surface area contributed by atoms with Crippen LogP contribution in [0.1, 0.15) is 128 Å². The fourth-order valence-corrected chi connectivity index (χ4v) is 13.0. The number of hydrogen-bond acceptors (Lipinski definition) is 15. The van der Waals surface area contributed by atoms with E-state index in [0.29, 0.717) is 65.1 Å². The minimum absolute atomic E-state index is 0.0124. The van der Waals surface area contributed by atoms with E-state index in [0.717, 1.165) is 54.7 Å². The summed E-state index contributed by atoms with van der Waals surface area (Å²) in [6.07, 6.45) is 12.2. The van der Waals surface area contributed by atoms with Crippen molar-refractivity contribution in [2.75, 3.05) is 36.9 Å². The lowest BCUT2D eigenvalue weighted by Gasteiger charge is -2.47. The van der Waals surface area contributed by atoms with Crippen molar-refractivity contribution in [2.24, 2.45) is 17.8 Å². The van der Waals surface area contributed by atoms with Gasteiger partial charge in [0.1, 0.15) is 28.9 Å². The molecule has 436 valence electrons. The number of aromatic nitrogens is 4. The summed E-state index contributed by atoms with van der Waals surface area (Å²) in [6, 6.07) is 21.1. The molecular formula is C61H80N8O10S2. The van der Waals surface area contributed by atoms with E-state index in [1.54, 1.807) is 49.1 Å². The van der Waals surface area contributed by atoms with Gasteiger partial charge >= 0.3 is 11.4 Å². The van der Waals surface area contributed by atoms with E-state index in [1.165, 1.54) is 33.7 Å². The summed E-state index contributed by atoms with van der Waals surface area (Å²) in [4.78, 5) is 85.6. The van der Waals surface area contributed by atoms with E-state index < -0.39 is 29.1 Å². The van der Waals surface area contributed by atoms with Gasteiger partial charge in [-0.2, -0.15) is 4.98 Å². The van der Waals surface area contributed by atoms with Gasteiger partial charge in [-0.05, 0) is 134 Å². The number of β-amino-alcohol motifs (C(OH)–C–C–N with tert-alkyl or cyclic N) is 1. The third kappa shape index (κ3) is 16.9. The molecule has 4 heterocycles. The number of ether oxygens (including phenoxy) is 1. The van der Waals surface area contributed by atoms with Gasteiger partial charge in [0.15, 0.2) is 0 Å². The Labute approximate surface area is 482 Å². The zero-order valence-electron chi connectivity index (χ0n) is 47.6. The molecule has 2 amide bonds. The number of nitrogens with two attached hydrogens (primary N) is 1. The summed E-state index contributed by atoms with van der Waals surface area (Å²) in [5.74, 6) is 2.10. The van der Waals surface area contributed by atoms with Crippen molar-refractivity contribution < 1.29 is 34.4 Å². The number of thioether (sulfide) groups is 2. The van der Waals surface area contributed by atoms with Crippen LogP contribution in [-0.2, 0) is 22.5 Å². The van der Waals surface area contributed by atoms with Crippen LogP contribution in [0.5, 0.6) is 5.75 Å². The van der Waals surface area contributed by atoms with E-state index >= 15 is 0 Å². The van der Waals surface area contributed by atoms with Crippen LogP contribution in [0.25, 0.3) is 0 Å². The highest BCUT2D eigenvalue weighted by Gasteiger charge is 2.42. The van der Waals surface area contributed by atoms with Crippen LogP contribution in [0.15, 0.2) is 110 Å². The average molecular weight is 1150 g/mol. The molecule has 81 heavy (non-hydrogen) atoms. The molecule has 1 saturated carbocycles. The Bertz CT molecular complexity index is 3170. The summed E-state index contributed by atoms with van der Waals surface area (Å²) in [7, 11) is 0. The number of aromatic hydroxyl groups is 1. The smallest absolute Gasteiger partial charge is 0.351 e. The predicted octanol–water partition coefficient (Wildman–Crippen LogP) is 7.07. The Kier molecular flexibility index (Phi) is 22.0. The Morgan fingerprint density at radius 3 is 2.28 bits per heavy atom. The molecule has 2 aromatic heterocycles.